The SMILES string of the molecule is O=C(NCCCOC1CCCc2ccccc21)C1CCCNC1. The van der Waals surface area contributed by atoms with Gasteiger partial charge in [-0.15, -0.1) is 0 Å². The van der Waals surface area contributed by atoms with Crippen LogP contribution in [-0.2, 0) is 16.0 Å². The van der Waals surface area contributed by atoms with Gasteiger partial charge in [-0.3, -0.25) is 4.79 Å². The molecule has 0 radical (unpaired) electrons. The van der Waals surface area contributed by atoms with Crippen molar-refractivity contribution < 1.29 is 9.53 Å². The lowest BCUT2D eigenvalue weighted by atomic mass is 9.89. The van der Waals surface area contributed by atoms with Crippen molar-refractivity contribution in [2.45, 2.75) is 44.6 Å². The molecule has 1 aromatic carbocycles. The van der Waals surface area contributed by atoms with E-state index in [9.17, 15) is 4.79 Å². The summed E-state index contributed by atoms with van der Waals surface area (Å²) in [5.74, 6) is 0.343. The minimum absolute atomic E-state index is 0.148. The summed E-state index contributed by atoms with van der Waals surface area (Å²) < 4.78 is 6.07. The lowest BCUT2D eigenvalue weighted by Gasteiger charge is -2.26. The van der Waals surface area contributed by atoms with Crippen molar-refractivity contribution >= 4 is 5.91 Å². The highest BCUT2D eigenvalue weighted by Crippen LogP contribution is 2.32. The number of rotatable bonds is 6. The number of amides is 1. The maximum atomic E-state index is 12.0. The molecule has 0 bridgehead atoms. The fourth-order valence-corrected chi connectivity index (χ4v) is 3.61. The Labute approximate surface area is 139 Å². The summed E-state index contributed by atoms with van der Waals surface area (Å²) in [6.07, 6.45) is 6.70. The number of nitrogens with one attached hydrogen (secondary N) is 2. The highest BCUT2D eigenvalue weighted by Gasteiger charge is 2.21. The van der Waals surface area contributed by atoms with E-state index < -0.39 is 0 Å². The maximum absolute atomic E-state index is 12.0. The Morgan fingerprint density at radius 2 is 2.17 bits per heavy atom. The summed E-state index contributed by atoms with van der Waals surface area (Å²) in [6, 6.07) is 8.61. The van der Waals surface area contributed by atoms with Gasteiger partial charge in [0.2, 0.25) is 5.91 Å². The third-order valence-corrected chi connectivity index (χ3v) is 4.92. The fraction of sp³-hybridized carbons (Fsp3) is 0.632. The van der Waals surface area contributed by atoms with Gasteiger partial charge < -0.3 is 15.4 Å². The molecule has 1 fully saturated rings. The molecule has 2 N–H and O–H groups in total. The second kappa shape index (κ2) is 8.46. The Morgan fingerprint density at radius 1 is 1.26 bits per heavy atom. The zero-order valence-corrected chi connectivity index (χ0v) is 13.9. The van der Waals surface area contributed by atoms with Crippen molar-refractivity contribution in [2.24, 2.45) is 5.92 Å². The summed E-state index contributed by atoms with van der Waals surface area (Å²) in [5, 5.41) is 6.33. The van der Waals surface area contributed by atoms with Gasteiger partial charge in [-0.25, -0.2) is 0 Å². The van der Waals surface area contributed by atoms with Gasteiger partial charge in [-0.2, -0.15) is 0 Å². The topological polar surface area (TPSA) is 50.4 Å². The van der Waals surface area contributed by atoms with E-state index in [0.717, 1.165) is 38.8 Å². The summed E-state index contributed by atoms with van der Waals surface area (Å²) >= 11 is 0. The number of carbonyl (C=O) groups excluding carboxylic acids is 1. The molecule has 1 amide bonds. The van der Waals surface area contributed by atoms with Crippen LogP contribution in [0.25, 0.3) is 0 Å². The Bertz CT molecular complexity index is 512. The summed E-state index contributed by atoms with van der Waals surface area (Å²) in [7, 11) is 0. The minimum atomic E-state index is 0.148. The van der Waals surface area contributed by atoms with Crippen molar-refractivity contribution in [3.05, 3.63) is 35.4 Å². The number of aryl methyl sites for hydroxylation is 1. The smallest absolute Gasteiger partial charge is 0.224 e. The minimum Gasteiger partial charge on any atom is -0.373 e. The molecule has 2 unspecified atom stereocenters. The van der Waals surface area contributed by atoms with Crippen LogP contribution in [0.4, 0.5) is 0 Å². The molecule has 0 saturated carbocycles. The quantitative estimate of drug-likeness (QED) is 0.793. The third kappa shape index (κ3) is 4.55. The van der Waals surface area contributed by atoms with E-state index in [1.54, 1.807) is 0 Å². The molecule has 4 heteroatoms. The molecule has 2 atom stereocenters. The molecule has 3 rings (SSSR count). The first-order chi connectivity index (χ1) is 11.3. The van der Waals surface area contributed by atoms with E-state index in [4.69, 9.17) is 4.74 Å². The molecule has 1 aromatic rings. The van der Waals surface area contributed by atoms with Crippen LogP contribution in [0, 0.1) is 5.92 Å². The van der Waals surface area contributed by atoms with E-state index in [0.29, 0.717) is 13.2 Å². The molecule has 1 heterocycles. The van der Waals surface area contributed by atoms with Crippen molar-refractivity contribution in [2.75, 3.05) is 26.2 Å². The number of fused-ring (bicyclic) bond motifs is 1. The van der Waals surface area contributed by atoms with Crippen LogP contribution in [0.5, 0.6) is 0 Å². The van der Waals surface area contributed by atoms with Crippen molar-refractivity contribution in [1.82, 2.24) is 10.6 Å². The molecule has 126 valence electrons. The van der Waals surface area contributed by atoms with Gasteiger partial charge in [-0.1, -0.05) is 24.3 Å². The van der Waals surface area contributed by atoms with E-state index in [1.165, 1.54) is 24.0 Å². The first-order valence-corrected chi connectivity index (χ1v) is 9.02. The Kier molecular flexibility index (Phi) is 6.06. The van der Waals surface area contributed by atoms with Crippen LogP contribution < -0.4 is 10.6 Å². The van der Waals surface area contributed by atoms with Gasteiger partial charge >= 0.3 is 0 Å². The Balaban J connectivity index is 1.35. The van der Waals surface area contributed by atoms with E-state index >= 15 is 0 Å². The fourth-order valence-electron chi connectivity index (χ4n) is 3.61. The normalized spacial score (nSPS) is 24.0. The lowest BCUT2D eigenvalue weighted by molar-refractivity contribution is -0.125. The number of benzene rings is 1. The first kappa shape index (κ1) is 16.5. The highest BCUT2D eigenvalue weighted by atomic mass is 16.5. The number of hydrogen-bond donors (Lipinski definition) is 2. The average molecular weight is 316 g/mol. The van der Waals surface area contributed by atoms with E-state index in [1.807, 2.05) is 0 Å². The highest BCUT2D eigenvalue weighted by molar-refractivity contribution is 5.78. The molecule has 1 aliphatic heterocycles. The number of ether oxygens (including phenoxy) is 1. The molecule has 0 aromatic heterocycles. The van der Waals surface area contributed by atoms with Gasteiger partial charge in [0.15, 0.2) is 0 Å². The summed E-state index contributed by atoms with van der Waals surface area (Å²) in [6.45, 7) is 3.29. The second-order valence-electron chi connectivity index (χ2n) is 6.64. The van der Waals surface area contributed by atoms with Crippen molar-refractivity contribution in [3.8, 4) is 0 Å². The lowest BCUT2D eigenvalue weighted by Crippen LogP contribution is -2.40. The average Bonchev–Trinajstić information content (AvgIpc) is 2.62. The van der Waals surface area contributed by atoms with Crippen LogP contribution in [-0.4, -0.2) is 32.1 Å². The maximum Gasteiger partial charge on any atom is 0.224 e. The van der Waals surface area contributed by atoms with Gasteiger partial charge in [0.05, 0.1) is 12.0 Å². The van der Waals surface area contributed by atoms with Gasteiger partial charge in [0, 0.05) is 19.7 Å². The van der Waals surface area contributed by atoms with Crippen LogP contribution >= 0.6 is 0 Å². The van der Waals surface area contributed by atoms with Crippen LogP contribution in [0.1, 0.15) is 49.3 Å². The van der Waals surface area contributed by atoms with Crippen LogP contribution in [0.3, 0.4) is 0 Å². The zero-order valence-electron chi connectivity index (χ0n) is 13.9. The predicted molar refractivity (Wildman–Crippen MR) is 91.3 cm³/mol. The predicted octanol–water partition coefficient (Wildman–Crippen LogP) is 2.59. The molecule has 4 nitrogen and oxygen atoms in total. The van der Waals surface area contributed by atoms with Gasteiger partial charge in [0.1, 0.15) is 0 Å². The first-order valence-electron chi connectivity index (χ1n) is 9.02. The van der Waals surface area contributed by atoms with Crippen molar-refractivity contribution in [3.63, 3.8) is 0 Å². The van der Waals surface area contributed by atoms with Crippen LogP contribution in [0.15, 0.2) is 24.3 Å². The number of piperidine rings is 1. The molecule has 23 heavy (non-hydrogen) atoms. The third-order valence-electron chi connectivity index (χ3n) is 4.92. The van der Waals surface area contributed by atoms with Gasteiger partial charge in [0.25, 0.3) is 0 Å². The Hall–Kier alpha value is -1.39. The molecule has 0 spiro atoms. The number of carbonyl (C=O) groups is 1. The summed E-state index contributed by atoms with van der Waals surface area (Å²) in [4.78, 5) is 12.0. The second-order valence-corrected chi connectivity index (χ2v) is 6.64. The van der Waals surface area contributed by atoms with Crippen LogP contribution in [0.2, 0.25) is 0 Å². The van der Waals surface area contributed by atoms with E-state index in [-0.39, 0.29) is 17.9 Å². The molecule has 1 saturated heterocycles. The molecule has 2 aliphatic rings. The monoisotopic (exact) mass is 316 g/mol. The Morgan fingerprint density at radius 3 is 3.04 bits per heavy atom. The van der Waals surface area contributed by atoms with Crippen molar-refractivity contribution in [1.29, 1.82) is 0 Å². The van der Waals surface area contributed by atoms with E-state index in [2.05, 4.69) is 34.9 Å². The molecular formula is C19H28N2O2. The largest absolute Gasteiger partial charge is 0.373 e. The van der Waals surface area contributed by atoms with Gasteiger partial charge in [-0.05, 0) is 56.2 Å². The molecular weight excluding hydrogens is 288 g/mol. The zero-order chi connectivity index (χ0) is 15.9. The standard InChI is InChI=1S/C19H28N2O2/c22-19(16-8-4-11-20-14-16)21-12-5-13-23-18-10-3-7-15-6-1-2-9-17(15)18/h1-2,6,9,16,18,20H,3-5,7-8,10-14H2,(H,21,22). The number of hydrogen-bond acceptors (Lipinski definition) is 3. The molecule has 1 aliphatic carbocycles. The summed E-state index contributed by atoms with van der Waals surface area (Å²) in [5.41, 5.74) is 2.79.